The van der Waals surface area contributed by atoms with Gasteiger partial charge in [-0.15, -0.1) is 0 Å². The first-order valence-corrected chi connectivity index (χ1v) is 5.99. The van der Waals surface area contributed by atoms with Gasteiger partial charge in [-0.3, -0.25) is 0 Å². The zero-order valence-corrected chi connectivity index (χ0v) is 8.44. The molecule has 0 spiro atoms. The summed E-state index contributed by atoms with van der Waals surface area (Å²) in [6, 6.07) is 0. The Bertz CT molecular complexity index is 229. The standard InChI is InChI=1S/C10H14O2S/c11-10(8-3-1-2-4-8)12-9-5-6-13-7-9/h3,9H,1-2,4-7H2. The van der Waals surface area contributed by atoms with E-state index in [1.165, 1.54) is 0 Å². The maximum atomic E-state index is 11.5. The first kappa shape index (κ1) is 9.13. The molecular formula is C10H14O2S. The molecule has 1 aliphatic heterocycles. The summed E-state index contributed by atoms with van der Waals surface area (Å²) in [5.74, 6) is 2.06. The average Bonchev–Trinajstić information content (AvgIpc) is 2.74. The smallest absolute Gasteiger partial charge is 0.333 e. The second-order valence-electron chi connectivity index (χ2n) is 3.51. The first-order valence-electron chi connectivity index (χ1n) is 4.84. The number of thioether (sulfide) groups is 1. The van der Waals surface area contributed by atoms with Gasteiger partial charge in [-0.1, -0.05) is 6.08 Å². The minimum atomic E-state index is -0.0648. The number of allylic oxidation sites excluding steroid dienone is 1. The van der Waals surface area contributed by atoms with Crippen molar-refractivity contribution in [3.8, 4) is 0 Å². The van der Waals surface area contributed by atoms with Gasteiger partial charge in [0.05, 0.1) is 0 Å². The van der Waals surface area contributed by atoms with Crippen molar-refractivity contribution >= 4 is 17.7 Å². The molecule has 2 rings (SSSR count). The van der Waals surface area contributed by atoms with Gasteiger partial charge < -0.3 is 4.74 Å². The van der Waals surface area contributed by atoms with Gasteiger partial charge in [-0.25, -0.2) is 4.79 Å². The van der Waals surface area contributed by atoms with Crippen molar-refractivity contribution in [2.75, 3.05) is 11.5 Å². The van der Waals surface area contributed by atoms with Crippen LogP contribution in [-0.4, -0.2) is 23.6 Å². The highest BCUT2D eigenvalue weighted by Gasteiger charge is 2.22. The third-order valence-corrected chi connectivity index (χ3v) is 3.60. The maximum absolute atomic E-state index is 11.5. The predicted octanol–water partition coefficient (Wildman–Crippen LogP) is 2.15. The van der Waals surface area contributed by atoms with Gasteiger partial charge in [-0.05, 0) is 31.4 Å². The normalized spacial score (nSPS) is 27.4. The summed E-state index contributed by atoms with van der Waals surface area (Å²) in [5.41, 5.74) is 0.900. The quantitative estimate of drug-likeness (QED) is 0.636. The Morgan fingerprint density at radius 1 is 1.62 bits per heavy atom. The van der Waals surface area contributed by atoms with Gasteiger partial charge in [0.15, 0.2) is 0 Å². The van der Waals surface area contributed by atoms with Gasteiger partial charge in [0.1, 0.15) is 6.10 Å². The highest BCUT2D eigenvalue weighted by Crippen LogP contribution is 2.24. The molecule has 1 heterocycles. The SMILES string of the molecule is O=C(OC1CCSC1)C1=CCCC1. The fourth-order valence-corrected chi connectivity index (χ4v) is 2.78. The molecule has 1 saturated heterocycles. The molecule has 1 fully saturated rings. The van der Waals surface area contributed by atoms with Crippen molar-refractivity contribution in [2.24, 2.45) is 0 Å². The van der Waals surface area contributed by atoms with Crippen LogP contribution in [0.2, 0.25) is 0 Å². The number of rotatable bonds is 2. The summed E-state index contributed by atoms with van der Waals surface area (Å²) in [6.45, 7) is 0. The molecule has 0 aromatic carbocycles. The van der Waals surface area contributed by atoms with E-state index in [2.05, 4.69) is 0 Å². The largest absolute Gasteiger partial charge is 0.458 e. The Morgan fingerprint density at radius 3 is 3.15 bits per heavy atom. The Labute approximate surface area is 82.7 Å². The molecule has 2 nitrogen and oxygen atoms in total. The summed E-state index contributed by atoms with van der Waals surface area (Å²) in [5, 5.41) is 0. The number of hydrogen-bond acceptors (Lipinski definition) is 3. The van der Waals surface area contributed by atoms with Gasteiger partial charge in [0.2, 0.25) is 0 Å². The Hall–Kier alpha value is -0.440. The third-order valence-electron chi connectivity index (χ3n) is 2.46. The van der Waals surface area contributed by atoms with E-state index in [9.17, 15) is 4.79 Å². The molecule has 0 N–H and O–H groups in total. The first-order chi connectivity index (χ1) is 6.36. The monoisotopic (exact) mass is 198 g/mol. The van der Waals surface area contributed by atoms with E-state index in [1.54, 1.807) is 0 Å². The summed E-state index contributed by atoms with van der Waals surface area (Å²) in [4.78, 5) is 11.5. The van der Waals surface area contributed by atoms with Crippen molar-refractivity contribution in [3.05, 3.63) is 11.6 Å². The number of hydrogen-bond donors (Lipinski definition) is 0. The summed E-state index contributed by atoms with van der Waals surface area (Å²) < 4.78 is 5.37. The molecule has 0 radical (unpaired) electrons. The number of carbonyl (C=O) groups is 1. The summed E-state index contributed by atoms with van der Waals surface area (Å²) >= 11 is 1.87. The summed E-state index contributed by atoms with van der Waals surface area (Å²) in [6.07, 6.45) is 6.31. The lowest BCUT2D eigenvalue weighted by molar-refractivity contribution is -0.143. The minimum Gasteiger partial charge on any atom is -0.458 e. The molecule has 0 bridgehead atoms. The van der Waals surface area contributed by atoms with Crippen LogP contribution < -0.4 is 0 Å². The van der Waals surface area contributed by atoms with E-state index >= 15 is 0 Å². The Morgan fingerprint density at radius 2 is 2.54 bits per heavy atom. The number of esters is 1. The van der Waals surface area contributed by atoms with E-state index < -0.39 is 0 Å². The fourth-order valence-electron chi connectivity index (χ4n) is 1.69. The molecule has 0 aromatic rings. The van der Waals surface area contributed by atoms with Crippen LogP contribution in [0, 0.1) is 0 Å². The Balaban J connectivity index is 1.83. The van der Waals surface area contributed by atoms with Crippen molar-refractivity contribution in [2.45, 2.75) is 31.8 Å². The molecule has 3 heteroatoms. The van der Waals surface area contributed by atoms with Crippen LogP contribution in [0.5, 0.6) is 0 Å². The van der Waals surface area contributed by atoms with E-state index in [1.807, 2.05) is 17.8 Å². The lowest BCUT2D eigenvalue weighted by atomic mass is 10.2. The van der Waals surface area contributed by atoms with Gasteiger partial charge in [0, 0.05) is 11.3 Å². The van der Waals surface area contributed by atoms with Crippen molar-refractivity contribution in [3.63, 3.8) is 0 Å². The lowest BCUT2D eigenvalue weighted by Crippen LogP contribution is -2.18. The topological polar surface area (TPSA) is 26.3 Å². The van der Waals surface area contributed by atoms with Crippen LogP contribution in [0.3, 0.4) is 0 Å². The molecule has 1 unspecified atom stereocenters. The van der Waals surface area contributed by atoms with E-state index in [4.69, 9.17) is 4.74 Å². The highest BCUT2D eigenvalue weighted by molar-refractivity contribution is 7.99. The lowest BCUT2D eigenvalue weighted by Gasteiger charge is -2.10. The molecule has 1 aliphatic carbocycles. The third kappa shape index (κ3) is 2.27. The average molecular weight is 198 g/mol. The number of ether oxygens (including phenoxy) is 1. The molecule has 0 saturated carbocycles. The maximum Gasteiger partial charge on any atom is 0.333 e. The van der Waals surface area contributed by atoms with Crippen LogP contribution >= 0.6 is 11.8 Å². The van der Waals surface area contributed by atoms with E-state index in [-0.39, 0.29) is 12.1 Å². The minimum absolute atomic E-state index is 0.0648. The number of carbonyl (C=O) groups excluding carboxylic acids is 1. The van der Waals surface area contributed by atoms with Crippen LogP contribution in [0.15, 0.2) is 11.6 Å². The van der Waals surface area contributed by atoms with Crippen molar-refractivity contribution < 1.29 is 9.53 Å². The van der Waals surface area contributed by atoms with Crippen LogP contribution in [-0.2, 0) is 9.53 Å². The second kappa shape index (κ2) is 4.18. The summed E-state index contributed by atoms with van der Waals surface area (Å²) in [7, 11) is 0. The second-order valence-corrected chi connectivity index (χ2v) is 4.66. The molecular weight excluding hydrogens is 184 g/mol. The van der Waals surface area contributed by atoms with E-state index in [0.29, 0.717) is 0 Å². The van der Waals surface area contributed by atoms with Crippen LogP contribution in [0.25, 0.3) is 0 Å². The molecule has 2 aliphatic rings. The predicted molar refractivity (Wildman–Crippen MR) is 53.8 cm³/mol. The van der Waals surface area contributed by atoms with Crippen molar-refractivity contribution in [1.82, 2.24) is 0 Å². The molecule has 72 valence electrons. The van der Waals surface area contributed by atoms with Crippen molar-refractivity contribution in [1.29, 1.82) is 0 Å². The van der Waals surface area contributed by atoms with E-state index in [0.717, 1.165) is 42.8 Å². The molecule has 13 heavy (non-hydrogen) atoms. The van der Waals surface area contributed by atoms with Crippen LogP contribution in [0.1, 0.15) is 25.7 Å². The van der Waals surface area contributed by atoms with Gasteiger partial charge in [-0.2, -0.15) is 11.8 Å². The zero-order valence-electron chi connectivity index (χ0n) is 7.62. The zero-order chi connectivity index (χ0) is 9.10. The van der Waals surface area contributed by atoms with Gasteiger partial charge in [0.25, 0.3) is 0 Å². The molecule has 0 amide bonds. The fraction of sp³-hybridized carbons (Fsp3) is 0.700. The Kier molecular flexibility index (Phi) is 2.94. The van der Waals surface area contributed by atoms with Crippen LogP contribution in [0.4, 0.5) is 0 Å². The molecule has 1 atom stereocenters. The van der Waals surface area contributed by atoms with Gasteiger partial charge >= 0.3 is 5.97 Å². The molecule has 0 aromatic heterocycles. The highest BCUT2D eigenvalue weighted by atomic mass is 32.2.